The van der Waals surface area contributed by atoms with E-state index in [-0.39, 0.29) is 12.5 Å². The molecule has 9 heteroatoms. The van der Waals surface area contributed by atoms with Crippen LogP contribution in [-0.2, 0) is 18.4 Å². The van der Waals surface area contributed by atoms with Crippen molar-refractivity contribution in [3.63, 3.8) is 0 Å². The molecule has 0 aliphatic rings. The largest absolute Gasteiger partial charge is 0.756 e. The zero-order chi connectivity index (χ0) is 60.5. The van der Waals surface area contributed by atoms with Gasteiger partial charge in [0.1, 0.15) is 13.2 Å². The normalized spacial score (nSPS) is 14.3. The monoisotopic (exact) mass is 1180 g/mol. The number of amides is 1. The molecule has 480 valence electrons. The number of carbonyl (C=O) groups is 1. The number of allylic oxidation sites excluding steroid dienone is 17. The first-order valence-electron chi connectivity index (χ1n) is 34.7. The summed E-state index contributed by atoms with van der Waals surface area (Å²) in [5.41, 5.74) is 0. The van der Waals surface area contributed by atoms with Crippen LogP contribution in [0.1, 0.15) is 303 Å². The Hall–Kier alpha value is -2.84. The van der Waals surface area contributed by atoms with Crippen molar-refractivity contribution in [1.82, 2.24) is 5.32 Å². The first-order chi connectivity index (χ1) is 40.5. The summed E-state index contributed by atoms with van der Waals surface area (Å²) in [5, 5.41) is 13.9. The van der Waals surface area contributed by atoms with E-state index in [1.54, 1.807) is 6.08 Å². The molecular formula is C74H133N2O6P. The molecule has 0 radical (unpaired) electrons. The Labute approximate surface area is 514 Å². The fourth-order valence-corrected chi connectivity index (χ4v) is 10.6. The minimum atomic E-state index is -4.62. The number of rotatable bonds is 63. The number of quaternary nitrogens is 1. The number of nitrogens with one attached hydrogen (secondary N) is 1. The number of phosphoric acid groups is 1. The SMILES string of the molecule is CC/C=C\C/C=C\C/C=C\C/C=C\C/C=C\C/C=C\CCCCCCCCCCCCC(=O)NC(COP(=O)([O-])OCC[N+](C)(C)C)C(O)/C=C/CC/C=C/CC/C=C/CCCCCCCCCCCCCCCCCCCCCCCC. The zero-order valence-electron chi connectivity index (χ0n) is 54.9. The van der Waals surface area contributed by atoms with E-state index in [4.69, 9.17) is 9.05 Å². The van der Waals surface area contributed by atoms with E-state index in [1.165, 1.54) is 193 Å². The van der Waals surface area contributed by atoms with Gasteiger partial charge in [0.25, 0.3) is 7.82 Å². The number of unbranched alkanes of at least 4 members (excludes halogenated alkanes) is 34. The summed E-state index contributed by atoms with van der Waals surface area (Å²) >= 11 is 0. The van der Waals surface area contributed by atoms with Gasteiger partial charge in [0, 0.05) is 6.42 Å². The lowest BCUT2D eigenvalue weighted by Gasteiger charge is -2.29. The molecule has 1 amide bonds. The molecule has 0 rings (SSSR count). The van der Waals surface area contributed by atoms with Crippen molar-refractivity contribution in [2.75, 3.05) is 40.9 Å². The van der Waals surface area contributed by atoms with E-state index in [0.717, 1.165) is 89.9 Å². The molecule has 0 aromatic rings. The van der Waals surface area contributed by atoms with Crippen LogP contribution in [0.5, 0.6) is 0 Å². The second-order valence-corrected chi connectivity index (χ2v) is 25.9. The van der Waals surface area contributed by atoms with Crippen LogP contribution in [0.4, 0.5) is 0 Å². The van der Waals surface area contributed by atoms with Crippen molar-refractivity contribution in [2.45, 2.75) is 315 Å². The Bertz CT molecular complexity index is 1720. The number of hydrogen-bond acceptors (Lipinski definition) is 6. The molecule has 0 saturated carbocycles. The maximum Gasteiger partial charge on any atom is 0.268 e. The molecule has 2 N–H and O–H groups in total. The number of phosphoric ester groups is 1. The van der Waals surface area contributed by atoms with Crippen molar-refractivity contribution >= 4 is 13.7 Å². The molecule has 0 aliphatic heterocycles. The Balaban J connectivity index is 4.18. The van der Waals surface area contributed by atoms with Crippen LogP contribution in [0.3, 0.4) is 0 Å². The molecule has 0 heterocycles. The van der Waals surface area contributed by atoms with Gasteiger partial charge in [-0.2, -0.15) is 0 Å². The topological polar surface area (TPSA) is 108 Å². The summed E-state index contributed by atoms with van der Waals surface area (Å²) in [6.07, 6.45) is 93.6. The molecule has 8 nitrogen and oxygen atoms in total. The minimum Gasteiger partial charge on any atom is -0.756 e. The number of nitrogens with zero attached hydrogens (tertiary/aromatic N) is 1. The zero-order valence-corrected chi connectivity index (χ0v) is 55.8. The van der Waals surface area contributed by atoms with Gasteiger partial charge in [-0.05, 0) is 96.3 Å². The quantitative estimate of drug-likeness (QED) is 0.0272. The molecule has 0 saturated heterocycles. The van der Waals surface area contributed by atoms with Gasteiger partial charge in [0.2, 0.25) is 5.91 Å². The Morgan fingerprint density at radius 2 is 0.747 bits per heavy atom. The van der Waals surface area contributed by atoms with Gasteiger partial charge in [0.05, 0.1) is 39.9 Å². The Morgan fingerprint density at radius 1 is 0.434 bits per heavy atom. The number of carbonyl (C=O) groups excluding carboxylic acids is 1. The summed E-state index contributed by atoms with van der Waals surface area (Å²) in [6, 6.07) is -0.922. The van der Waals surface area contributed by atoms with E-state index in [2.05, 4.69) is 116 Å². The number of hydrogen-bond donors (Lipinski definition) is 2. The highest BCUT2D eigenvalue weighted by Crippen LogP contribution is 2.38. The first kappa shape index (κ1) is 80.2. The Morgan fingerprint density at radius 3 is 1.12 bits per heavy atom. The number of aliphatic hydroxyl groups excluding tert-OH is 1. The van der Waals surface area contributed by atoms with E-state index in [9.17, 15) is 19.4 Å². The predicted octanol–water partition coefficient (Wildman–Crippen LogP) is 21.6. The van der Waals surface area contributed by atoms with E-state index < -0.39 is 26.6 Å². The van der Waals surface area contributed by atoms with Gasteiger partial charge in [0.15, 0.2) is 0 Å². The molecule has 0 aliphatic carbocycles. The molecule has 0 aromatic heterocycles. The second kappa shape index (κ2) is 63.7. The van der Waals surface area contributed by atoms with Crippen molar-refractivity contribution in [1.29, 1.82) is 0 Å². The third-order valence-corrected chi connectivity index (χ3v) is 16.2. The molecule has 0 fully saturated rings. The summed E-state index contributed by atoms with van der Waals surface area (Å²) in [5.74, 6) is -0.218. The molecule has 0 aromatic carbocycles. The van der Waals surface area contributed by atoms with Gasteiger partial charge in [-0.15, -0.1) is 0 Å². The molecule has 0 bridgehead atoms. The molecule has 0 spiro atoms. The lowest BCUT2D eigenvalue weighted by Crippen LogP contribution is -2.45. The summed E-state index contributed by atoms with van der Waals surface area (Å²) < 4.78 is 23.4. The summed E-state index contributed by atoms with van der Waals surface area (Å²) in [6.45, 7) is 4.52. The van der Waals surface area contributed by atoms with Gasteiger partial charge in [-0.25, -0.2) is 0 Å². The van der Waals surface area contributed by atoms with Crippen LogP contribution in [0.2, 0.25) is 0 Å². The van der Waals surface area contributed by atoms with E-state index >= 15 is 0 Å². The molecule has 83 heavy (non-hydrogen) atoms. The first-order valence-corrected chi connectivity index (χ1v) is 36.2. The van der Waals surface area contributed by atoms with Crippen LogP contribution in [0.25, 0.3) is 0 Å². The van der Waals surface area contributed by atoms with Crippen LogP contribution >= 0.6 is 7.82 Å². The van der Waals surface area contributed by atoms with Crippen LogP contribution in [0, 0.1) is 0 Å². The average molecular weight is 1180 g/mol. The van der Waals surface area contributed by atoms with E-state index in [0.29, 0.717) is 17.4 Å². The highest BCUT2D eigenvalue weighted by atomic mass is 31.2. The highest BCUT2D eigenvalue weighted by Gasteiger charge is 2.23. The van der Waals surface area contributed by atoms with E-state index in [1.807, 2.05) is 27.2 Å². The maximum absolute atomic E-state index is 13.0. The highest BCUT2D eigenvalue weighted by molar-refractivity contribution is 7.45. The third-order valence-electron chi connectivity index (χ3n) is 15.2. The van der Waals surface area contributed by atoms with Crippen molar-refractivity contribution < 1.29 is 32.9 Å². The average Bonchev–Trinajstić information content (AvgIpc) is 3.50. The van der Waals surface area contributed by atoms with Crippen LogP contribution in [0.15, 0.2) is 109 Å². The fraction of sp³-hybridized carbons (Fsp3) is 0.743. The third kappa shape index (κ3) is 66.5. The minimum absolute atomic E-state index is 0.0149. The molecular weight excluding hydrogens is 1040 g/mol. The van der Waals surface area contributed by atoms with Gasteiger partial charge in [-0.3, -0.25) is 9.36 Å². The number of likely N-dealkylation sites (N-methyl/N-ethyl adjacent to an activating group) is 1. The van der Waals surface area contributed by atoms with Crippen molar-refractivity contribution in [2.24, 2.45) is 0 Å². The summed E-state index contributed by atoms with van der Waals surface area (Å²) in [7, 11) is 1.22. The maximum atomic E-state index is 13.0. The lowest BCUT2D eigenvalue weighted by molar-refractivity contribution is -0.870. The molecule has 3 unspecified atom stereocenters. The standard InChI is InChI=1S/C74H133N2O6P/c1-6-8-10-12-14-16-18-20-22-24-26-28-30-32-34-36-37-38-40-41-43-45-47-49-51-53-55-57-59-61-63-65-67-73(77)72(71-82-83(79,80)81-70-69-76(3,4)5)75-74(78)68-66-64-62-60-58-56-54-52-50-48-46-44-42-39-35-33-31-29-27-25-23-21-19-17-15-13-11-9-7-2/h9,11,15,17,21,23,27,29,33,35,42,44,49,51,57,59,65,67,72-73,77H,6-8,10,12-14,16,18-20,22,24-26,28,30-32,34,36-41,43,45-48,50,52-56,58,60-64,66,68-71H2,1-5H3,(H-,75,78,79,80)/b11-9-,17-15-,23-21-,29-27-,35-33-,44-42-,51-49+,59-57+,67-65+. The lowest BCUT2D eigenvalue weighted by atomic mass is 10.0. The molecule has 3 atom stereocenters. The van der Waals surface area contributed by atoms with Crippen molar-refractivity contribution in [3.8, 4) is 0 Å². The predicted molar refractivity (Wildman–Crippen MR) is 362 cm³/mol. The van der Waals surface area contributed by atoms with Gasteiger partial charge in [-0.1, -0.05) is 309 Å². The van der Waals surface area contributed by atoms with Gasteiger partial charge >= 0.3 is 0 Å². The fourth-order valence-electron chi connectivity index (χ4n) is 9.84. The van der Waals surface area contributed by atoms with Crippen molar-refractivity contribution in [3.05, 3.63) is 109 Å². The summed E-state index contributed by atoms with van der Waals surface area (Å²) in [4.78, 5) is 25.6. The smallest absolute Gasteiger partial charge is 0.268 e. The van der Waals surface area contributed by atoms with Crippen LogP contribution < -0.4 is 10.2 Å². The van der Waals surface area contributed by atoms with Crippen LogP contribution in [-0.4, -0.2) is 68.5 Å². The Kier molecular flexibility index (Phi) is 61.5. The number of aliphatic hydroxyl groups is 1. The van der Waals surface area contributed by atoms with Gasteiger partial charge < -0.3 is 28.8 Å². The second-order valence-electron chi connectivity index (χ2n) is 24.5.